The maximum Gasteiger partial charge on any atom is 0.0673 e. The standard InChI is InChI=1S/C14H28N2O/c1-4-17-12(2)10-16-9-5-8-15-14(3,11-16)13-6-7-13/h12-13,15H,4-11H2,1-3H3. The quantitative estimate of drug-likeness (QED) is 0.794. The van der Waals surface area contributed by atoms with E-state index in [9.17, 15) is 0 Å². The molecule has 2 atom stereocenters. The molecule has 2 unspecified atom stereocenters. The molecule has 2 aliphatic rings. The highest BCUT2D eigenvalue weighted by Crippen LogP contribution is 2.40. The van der Waals surface area contributed by atoms with Gasteiger partial charge in [0.1, 0.15) is 0 Å². The van der Waals surface area contributed by atoms with Gasteiger partial charge in [-0.2, -0.15) is 0 Å². The van der Waals surface area contributed by atoms with Gasteiger partial charge in [-0.25, -0.2) is 0 Å². The van der Waals surface area contributed by atoms with E-state index >= 15 is 0 Å². The lowest BCUT2D eigenvalue weighted by atomic mass is 9.95. The van der Waals surface area contributed by atoms with Crippen molar-refractivity contribution in [2.24, 2.45) is 5.92 Å². The van der Waals surface area contributed by atoms with E-state index < -0.39 is 0 Å². The second-order valence-corrected chi connectivity index (χ2v) is 5.97. The van der Waals surface area contributed by atoms with Gasteiger partial charge in [0.25, 0.3) is 0 Å². The van der Waals surface area contributed by atoms with Crippen molar-refractivity contribution in [1.29, 1.82) is 0 Å². The smallest absolute Gasteiger partial charge is 0.0673 e. The Morgan fingerprint density at radius 1 is 1.47 bits per heavy atom. The molecule has 3 heteroatoms. The van der Waals surface area contributed by atoms with Gasteiger partial charge >= 0.3 is 0 Å². The second-order valence-electron chi connectivity index (χ2n) is 5.97. The summed E-state index contributed by atoms with van der Waals surface area (Å²) in [5, 5.41) is 3.77. The molecule has 0 aromatic carbocycles. The summed E-state index contributed by atoms with van der Waals surface area (Å²) in [5.41, 5.74) is 0.350. The maximum atomic E-state index is 5.67. The summed E-state index contributed by atoms with van der Waals surface area (Å²) in [6, 6.07) is 0. The predicted molar refractivity (Wildman–Crippen MR) is 71.3 cm³/mol. The molecule has 1 heterocycles. The van der Waals surface area contributed by atoms with E-state index in [-0.39, 0.29) is 0 Å². The number of rotatable bonds is 5. The number of nitrogens with one attached hydrogen (secondary N) is 1. The van der Waals surface area contributed by atoms with E-state index in [1.165, 1.54) is 38.9 Å². The Hall–Kier alpha value is -0.120. The van der Waals surface area contributed by atoms with Crippen LogP contribution in [0.3, 0.4) is 0 Å². The summed E-state index contributed by atoms with van der Waals surface area (Å²) in [6.07, 6.45) is 4.46. The summed E-state index contributed by atoms with van der Waals surface area (Å²) in [7, 11) is 0. The molecule has 1 aliphatic carbocycles. The van der Waals surface area contributed by atoms with Gasteiger partial charge in [0.05, 0.1) is 6.10 Å². The van der Waals surface area contributed by atoms with Crippen molar-refractivity contribution in [2.75, 3.05) is 32.8 Å². The van der Waals surface area contributed by atoms with Gasteiger partial charge in [0.15, 0.2) is 0 Å². The lowest BCUT2D eigenvalue weighted by Gasteiger charge is -2.34. The largest absolute Gasteiger partial charge is 0.377 e. The minimum absolute atomic E-state index is 0.350. The Kier molecular flexibility index (Phi) is 4.45. The van der Waals surface area contributed by atoms with Crippen LogP contribution in [-0.2, 0) is 4.74 Å². The fourth-order valence-electron chi connectivity index (χ4n) is 3.13. The molecular weight excluding hydrogens is 212 g/mol. The molecule has 3 nitrogen and oxygen atoms in total. The van der Waals surface area contributed by atoms with E-state index in [1.54, 1.807) is 0 Å². The number of ether oxygens (including phenoxy) is 1. The van der Waals surface area contributed by atoms with Crippen molar-refractivity contribution >= 4 is 0 Å². The van der Waals surface area contributed by atoms with E-state index in [0.717, 1.165) is 19.1 Å². The van der Waals surface area contributed by atoms with Crippen LogP contribution in [0.1, 0.15) is 40.0 Å². The fourth-order valence-corrected chi connectivity index (χ4v) is 3.13. The van der Waals surface area contributed by atoms with Crippen LogP contribution in [-0.4, -0.2) is 49.3 Å². The van der Waals surface area contributed by atoms with Gasteiger partial charge in [0.2, 0.25) is 0 Å². The maximum absolute atomic E-state index is 5.67. The molecule has 1 aliphatic heterocycles. The van der Waals surface area contributed by atoms with Crippen molar-refractivity contribution in [3.63, 3.8) is 0 Å². The predicted octanol–water partition coefficient (Wildman–Crippen LogP) is 1.88. The van der Waals surface area contributed by atoms with Crippen molar-refractivity contribution in [3.8, 4) is 0 Å². The summed E-state index contributed by atoms with van der Waals surface area (Å²) >= 11 is 0. The first-order valence-corrected chi connectivity index (χ1v) is 7.23. The first-order valence-electron chi connectivity index (χ1n) is 7.23. The molecule has 17 heavy (non-hydrogen) atoms. The van der Waals surface area contributed by atoms with Crippen LogP contribution in [0.15, 0.2) is 0 Å². The summed E-state index contributed by atoms with van der Waals surface area (Å²) in [6.45, 7) is 12.2. The van der Waals surface area contributed by atoms with Crippen molar-refractivity contribution < 1.29 is 4.74 Å². The van der Waals surface area contributed by atoms with Gasteiger partial charge in [-0.1, -0.05) is 0 Å². The van der Waals surface area contributed by atoms with Crippen molar-refractivity contribution in [3.05, 3.63) is 0 Å². The molecule has 100 valence electrons. The van der Waals surface area contributed by atoms with Crippen LogP contribution in [0.5, 0.6) is 0 Å². The number of hydrogen-bond acceptors (Lipinski definition) is 3. The van der Waals surface area contributed by atoms with E-state index in [4.69, 9.17) is 4.74 Å². The Balaban J connectivity index is 1.88. The zero-order valence-electron chi connectivity index (χ0n) is 11.7. The SMILES string of the molecule is CCOC(C)CN1CCCNC(C)(C2CC2)C1. The summed E-state index contributed by atoms with van der Waals surface area (Å²) in [4.78, 5) is 2.60. The average Bonchev–Trinajstić information content (AvgIpc) is 3.06. The average molecular weight is 240 g/mol. The molecule has 2 fully saturated rings. The molecule has 1 N–H and O–H groups in total. The fraction of sp³-hybridized carbons (Fsp3) is 1.00. The monoisotopic (exact) mass is 240 g/mol. The molecule has 0 radical (unpaired) electrons. The van der Waals surface area contributed by atoms with Gasteiger partial charge in [-0.15, -0.1) is 0 Å². The Bertz CT molecular complexity index is 242. The molecule has 0 spiro atoms. The molecule has 0 aromatic heterocycles. The minimum Gasteiger partial charge on any atom is -0.377 e. The highest BCUT2D eigenvalue weighted by Gasteiger charge is 2.42. The van der Waals surface area contributed by atoms with Crippen LogP contribution >= 0.6 is 0 Å². The topological polar surface area (TPSA) is 24.5 Å². The molecule has 2 rings (SSSR count). The number of hydrogen-bond donors (Lipinski definition) is 1. The van der Waals surface area contributed by atoms with Gasteiger partial charge in [-0.05, 0) is 59.0 Å². The third kappa shape index (κ3) is 3.67. The zero-order chi connectivity index (χ0) is 12.3. The van der Waals surface area contributed by atoms with Crippen LogP contribution in [0.25, 0.3) is 0 Å². The summed E-state index contributed by atoms with van der Waals surface area (Å²) in [5.74, 6) is 0.908. The minimum atomic E-state index is 0.350. The Morgan fingerprint density at radius 3 is 2.88 bits per heavy atom. The number of nitrogens with zero attached hydrogens (tertiary/aromatic N) is 1. The molecule has 0 aromatic rings. The van der Waals surface area contributed by atoms with Crippen LogP contribution < -0.4 is 5.32 Å². The van der Waals surface area contributed by atoms with E-state index in [1.807, 2.05) is 0 Å². The lowest BCUT2D eigenvalue weighted by Crippen LogP contribution is -2.51. The van der Waals surface area contributed by atoms with Gasteiger partial charge in [-0.3, -0.25) is 4.90 Å². The van der Waals surface area contributed by atoms with Crippen molar-refractivity contribution in [1.82, 2.24) is 10.2 Å². The van der Waals surface area contributed by atoms with Gasteiger partial charge < -0.3 is 10.1 Å². The third-order valence-corrected chi connectivity index (χ3v) is 4.18. The van der Waals surface area contributed by atoms with Gasteiger partial charge in [0, 0.05) is 25.2 Å². The molecule has 1 saturated carbocycles. The van der Waals surface area contributed by atoms with Crippen LogP contribution in [0.4, 0.5) is 0 Å². The zero-order valence-corrected chi connectivity index (χ0v) is 11.7. The first kappa shape index (κ1) is 13.3. The summed E-state index contributed by atoms with van der Waals surface area (Å²) < 4.78 is 5.67. The second kappa shape index (κ2) is 5.68. The van der Waals surface area contributed by atoms with Crippen LogP contribution in [0.2, 0.25) is 0 Å². The van der Waals surface area contributed by atoms with Crippen LogP contribution in [0, 0.1) is 5.92 Å². The lowest BCUT2D eigenvalue weighted by molar-refractivity contribution is 0.0404. The Morgan fingerprint density at radius 2 is 2.24 bits per heavy atom. The first-order chi connectivity index (χ1) is 8.14. The molecular formula is C14H28N2O. The molecule has 0 bridgehead atoms. The van der Waals surface area contributed by atoms with E-state index in [2.05, 4.69) is 31.0 Å². The molecule has 0 amide bonds. The Labute approximate surface area is 106 Å². The van der Waals surface area contributed by atoms with E-state index in [0.29, 0.717) is 11.6 Å². The normalized spacial score (nSPS) is 33.4. The highest BCUT2D eigenvalue weighted by atomic mass is 16.5. The van der Waals surface area contributed by atoms with Crippen molar-refractivity contribution in [2.45, 2.75) is 51.7 Å². The molecule has 1 saturated heterocycles. The highest BCUT2D eigenvalue weighted by molar-refractivity contribution is 5.01. The third-order valence-electron chi connectivity index (χ3n) is 4.18.